The molecule has 0 amide bonds. The third kappa shape index (κ3) is 3.12. The summed E-state index contributed by atoms with van der Waals surface area (Å²) < 4.78 is 33.4. The summed E-state index contributed by atoms with van der Waals surface area (Å²) in [5.41, 5.74) is 3.66. The molecule has 0 aliphatic heterocycles. The molecule has 0 bridgehead atoms. The van der Waals surface area contributed by atoms with E-state index in [1.54, 1.807) is 24.3 Å². The number of fused-ring (bicyclic) bond motifs is 2. The first kappa shape index (κ1) is 17.7. The summed E-state index contributed by atoms with van der Waals surface area (Å²) in [4.78, 5) is 16.3. The summed E-state index contributed by atoms with van der Waals surface area (Å²) in [5, 5.41) is 1.03. The maximum absolute atomic E-state index is 13.6. The van der Waals surface area contributed by atoms with Crippen molar-refractivity contribution in [2.75, 3.05) is 0 Å². The number of aryl methyl sites for hydroxylation is 2. The zero-order valence-electron chi connectivity index (χ0n) is 14.7. The molecule has 2 aromatic heterocycles. The second kappa shape index (κ2) is 6.81. The van der Waals surface area contributed by atoms with Gasteiger partial charge < -0.3 is 4.42 Å². The fourth-order valence-corrected chi connectivity index (χ4v) is 4.10. The number of halogens is 2. The summed E-state index contributed by atoms with van der Waals surface area (Å²) in [6.45, 7) is 1.15. The molecule has 0 atom stereocenters. The Morgan fingerprint density at radius 2 is 1.96 bits per heavy atom. The monoisotopic (exact) mass is 386 g/mol. The smallest absolute Gasteiger partial charge is 0.336 e. The summed E-state index contributed by atoms with van der Waals surface area (Å²) in [5.74, 6) is 0.334. The minimum atomic E-state index is -2.69. The van der Waals surface area contributed by atoms with Gasteiger partial charge in [-0.25, -0.2) is 9.78 Å². The molecular weight excluding hydrogens is 370 g/mol. The number of hydrogen-bond donors (Lipinski definition) is 0. The second-order valence-corrected chi connectivity index (χ2v) is 7.24. The van der Waals surface area contributed by atoms with E-state index < -0.39 is 12.2 Å². The number of imidazole rings is 1. The fraction of sp³-hybridized carbons (Fsp3) is 0.200. The van der Waals surface area contributed by atoms with Gasteiger partial charge in [0.05, 0.1) is 11.0 Å². The quantitative estimate of drug-likeness (QED) is 0.346. The Morgan fingerprint density at radius 1 is 1.19 bits per heavy atom. The molecule has 0 fully saturated rings. The number of benzene rings is 2. The van der Waals surface area contributed by atoms with Crippen LogP contribution in [0.1, 0.15) is 23.2 Å². The van der Waals surface area contributed by atoms with Crippen LogP contribution in [0.3, 0.4) is 0 Å². The van der Waals surface area contributed by atoms with E-state index in [2.05, 4.69) is 4.98 Å². The van der Waals surface area contributed by atoms with Crippen LogP contribution in [0.15, 0.2) is 56.8 Å². The maximum Gasteiger partial charge on any atom is 0.336 e. The Kier molecular flexibility index (Phi) is 4.47. The Morgan fingerprint density at radius 3 is 2.74 bits per heavy atom. The Labute approximate surface area is 157 Å². The highest BCUT2D eigenvalue weighted by atomic mass is 32.2. The van der Waals surface area contributed by atoms with Crippen molar-refractivity contribution in [3.8, 4) is 0 Å². The van der Waals surface area contributed by atoms with Gasteiger partial charge in [-0.05, 0) is 42.7 Å². The number of nitrogens with zero attached hydrogens (tertiary/aromatic N) is 2. The number of hydrogen-bond acceptors (Lipinski definition) is 4. The van der Waals surface area contributed by atoms with E-state index in [4.69, 9.17) is 4.42 Å². The maximum atomic E-state index is 13.6. The van der Waals surface area contributed by atoms with E-state index in [1.807, 2.05) is 26.0 Å². The molecule has 0 unspecified atom stereocenters. The van der Waals surface area contributed by atoms with Crippen molar-refractivity contribution in [2.24, 2.45) is 0 Å². The number of alkyl halides is 2. The summed E-state index contributed by atoms with van der Waals surface area (Å²) in [7, 11) is 0. The van der Waals surface area contributed by atoms with Gasteiger partial charge in [-0.3, -0.25) is 4.57 Å². The molecule has 4 nitrogen and oxygen atoms in total. The van der Waals surface area contributed by atoms with Crippen LogP contribution < -0.4 is 5.63 Å². The molecule has 2 heterocycles. The molecule has 4 aromatic rings. The second-order valence-electron chi connectivity index (χ2n) is 6.29. The lowest BCUT2D eigenvalue weighted by Gasteiger charge is -2.10. The summed E-state index contributed by atoms with van der Waals surface area (Å²) in [6.07, 6.45) is 0. The molecule has 138 valence electrons. The number of aromatic nitrogens is 2. The lowest BCUT2D eigenvalue weighted by molar-refractivity contribution is 0.0656. The molecule has 0 N–H and O–H groups in total. The number of para-hydroxylation sites is 2. The average Bonchev–Trinajstić information content (AvgIpc) is 3.01. The standard InChI is InChI=1S/C20H16F2N2O2S/c1-11-7-8-14-13(9-17(25)26-18(14)12(11)2)10-27-20-23-15-5-3-4-6-16(15)24(20)19(21)22/h3-9,19H,10H2,1-2H3. The van der Waals surface area contributed by atoms with Gasteiger partial charge in [0.15, 0.2) is 5.16 Å². The first-order valence-corrected chi connectivity index (χ1v) is 9.35. The van der Waals surface area contributed by atoms with Gasteiger partial charge in [0.2, 0.25) is 0 Å². The zero-order chi connectivity index (χ0) is 19.1. The highest BCUT2D eigenvalue weighted by Crippen LogP contribution is 2.33. The first-order valence-electron chi connectivity index (χ1n) is 8.36. The van der Waals surface area contributed by atoms with Crippen LogP contribution in [0, 0.1) is 13.8 Å². The van der Waals surface area contributed by atoms with Crippen molar-refractivity contribution in [1.82, 2.24) is 9.55 Å². The van der Waals surface area contributed by atoms with Crippen molar-refractivity contribution in [3.63, 3.8) is 0 Å². The van der Waals surface area contributed by atoms with Crippen LogP contribution in [0.25, 0.3) is 22.0 Å². The van der Waals surface area contributed by atoms with Crippen LogP contribution in [0.2, 0.25) is 0 Å². The molecule has 0 spiro atoms. The van der Waals surface area contributed by atoms with Gasteiger partial charge in [0.1, 0.15) is 5.58 Å². The van der Waals surface area contributed by atoms with Crippen LogP contribution in [-0.4, -0.2) is 9.55 Å². The van der Waals surface area contributed by atoms with Crippen molar-refractivity contribution in [3.05, 3.63) is 69.6 Å². The number of thioether (sulfide) groups is 1. The minimum Gasteiger partial charge on any atom is -0.422 e. The molecule has 0 saturated heterocycles. The Hall–Kier alpha value is -2.67. The van der Waals surface area contributed by atoms with Gasteiger partial charge in [-0.2, -0.15) is 8.78 Å². The third-order valence-corrected chi connectivity index (χ3v) is 5.63. The Balaban J connectivity index is 1.77. The molecule has 4 rings (SSSR count). The Bertz CT molecular complexity index is 1210. The normalized spacial score (nSPS) is 11.7. The zero-order valence-corrected chi connectivity index (χ0v) is 15.5. The van der Waals surface area contributed by atoms with Crippen LogP contribution in [0.5, 0.6) is 0 Å². The first-order chi connectivity index (χ1) is 13.0. The molecule has 0 aliphatic rings. The van der Waals surface area contributed by atoms with Crippen LogP contribution >= 0.6 is 11.8 Å². The molecule has 27 heavy (non-hydrogen) atoms. The van der Waals surface area contributed by atoms with Gasteiger partial charge in [0.25, 0.3) is 0 Å². The van der Waals surface area contributed by atoms with Crippen molar-refractivity contribution in [2.45, 2.75) is 31.3 Å². The topological polar surface area (TPSA) is 48.0 Å². The SMILES string of the molecule is Cc1ccc2c(CSc3nc4ccccc4n3C(F)F)cc(=O)oc2c1C. The summed E-state index contributed by atoms with van der Waals surface area (Å²) >= 11 is 1.18. The van der Waals surface area contributed by atoms with Crippen LogP contribution in [-0.2, 0) is 5.75 Å². The molecule has 0 aliphatic carbocycles. The molecule has 0 radical (unpaired) electrons. The average molecular weight is 386 g/mol. The molecule has 7 heteroatoms. The molecule has 2 aromatic carbocycles. The van der Waals surface area contributed by atoms with Crippen LogP contribution in [0.4, 0.5) is 8.78 Å². The summed E-state index contributed by atoms with van der Waals surface area (Å²) in [6, 6.07) is 12.1. The highest BCUT2D eigenvalue weighted by molar-refractivity contribution is 7.98. The lowest BCUT2D eigenvalue weighted by Crippen LogP contribution is -2.03. The number of rotatable bonds is 4. The fourth-order valence-electron chi connectivity index (χ4n) is 3.10. The lowest BCUT2D eigenvalue weighted by atomic mass is 10.0. The van der Waals surface area contributed by atoms with E-state index in [0.29, 0.717) is 22.4 Å². The highest BCUT2D eigenvalue weighted by Gasteiger charge is 2.18. The molecule has 0 saturated carbocycles. The van der Waals surface area contributed by atoms with E-state index in [9.17, 15) is 13.6 Å². The van der Waals surface area contributed by atoms with Gasteiger partial charge in [-0.15, -0.1) is 0 Å². The molecular formula is C20H16F2N2O2S. The largest absolute Gasteiger partial charge is 0.422 e. The van der Waals surface area contributed by atoms with E-state index >= 15 is 0 Å². The predicted octanol–water partition coefficient (Wildman–Crippen LogP) is 5.45. The van der Waals surface area contributed by atoms with Gasteiger partial charge in [-0.1, -0.05) is 36.0 Å². The van der Waals surface area contributed by atoms with Gasteiger partial charge in [0, 0.05) is 17.2 Å². The van der Waals surface area contributed by atoms with E-state index in [-0.39, 0.29) is 5.16 Å². The third-order valence-electron chi connectivity index (χ3n) is 4.63. The predicted molar refractivity (Wildman–Crippen MR) is 103 cm³/mol. The minimum absolute atomic E-state index is 0.219. The van der Waals surface area contributed by atoms with Gasteiger partial charge >= 0.3 is 12.2 Å². The van der Waals surface area contributed by atoms with E-state index in [0.717, 1.165) is 26.6 Å². The van der Waals surface area contributed by atoms with Crippen molar-refractivity contribution < 1.29 is 13.2 Å². The van der Waals surface area contributed by atoms with Crippen molar-refractivity contribution >= 4 is 33.8 Å². The van der Waals surface area contributed by atoms with E-state index in [1.165, 1.54) is 17.8 Å². The van der Waals surface area contributed by atoms with Crippen molar-refractivity contribution in [1.29, 1.82) is 0 Å².